The summed E-state index contributed by atoms with van der Waals surface area (Å²) in [5.41, 5.74) is 2.57. The van der Waals surface area contributed by atoms with Gasteiger partial charge >= 0.3 is 0 Å². The number of sulfonamides is 1. The van der Waals surface area contributed by atoms with E-state index < -0.39 is 10.0 Å². The molecule has 0 atom stereocenters. The van der Waals surface area contributed by atoms with Gasteiger partial charge < -0.3 is 4.90 Å². The molecule has 0 aliphatic carbocycles. The summed E-state index contributed by atoms with van der Waals surface area (Å²) in [5, 5.41) is 1.45. The number of nitrogens with zero attached hydrogens (tertiary/aromatic N) is 2. The number of aryl methyl sites for hydroxylation is 1. The second-order valence-corrected chi connectivity index (χ2v) is 7.78. The molecular formula is C20H23N3O2S. The van der Waals surface area contributed by atoms with Crippen LogP contribution >= 0.6 is 0 Å². The van der Waals surface area contributed by atoms with Crippen LogP contribution in [0.1, 0.15) is 19.4 Å². The first kappa shape index (κ1) is 18.2. The van der Waals surface area contributed by atoms with Gasteiger partial charge in [0.25, 0.3) is 10.0 Å². The second-order valence-electron chi connectivity index (χ2n) is 6.13. The van der Waals surface area contributed by atoms with Gasteiger partial charge in [-0.1, -0.05) is 12.1 Å². The summed E-state index contributed by atoms with van der Waals surface area (Å²) in [6.07, 6.45) is 3.27. The summed E-state index contributed by atoms with van der Waals surface area (Å²) in [6.45, 7) is 7.93. The van der Waals surface area contributed by atoms with Gasteiger partial charge in [-0.3, -0.25) is 9.71 Å². The van der Waals surface area contributed by atoms with Crippen molar-refractivity contribution in [2.75, 3.05) is 22.7 Å². The molecule has 0 radical (unpaired) electrons. The summed E-state index contributed by atoms with van der Waals surface area (Å²) in [7, 11) is -3.70. The highest BCUT2D eigenvalue weighted by Crippen LogP contribution is 2.27. The number of benzene rings is 2. The Morgan fingerprint density at radius 1 is 1.08 bits per heavy atom. The number of anilines is 2. The number of hydrogen-bond donors (Lipinski definition) is 1. The fourth-order valence-electron chi connectivity index (χ4n) is 3.07. The number of rotatable bonds is 6. The predicted molar refractivity (Wildman–Crippen MR) is 107 cm³/mol. The van der Waals surface area contributed by atoms with Crippen molar-refractivity contribution in [1.29, 1.82) is 0 Å². The highest BCUT2D eigenvalue weighted by atomic mass is 32.2. The van der Waals surface area contributed by atoms with Gasteiger partial charge in [-0.15, -0.1) is 0 Å². The lowest BCUT2D eigenvalue weighted by molar-refractivity contribution is 0.602. The van der Waals surface area contributed by atoms with Crippen molar-refractivity contribution in [3.63, 3.8) is 0 Å². The Bertz CT molecular complexity index is 1020. The van der Waals surface area contributed by atoms with Crippen LogP contribution in [0.5, 0.6) is 0 Å². The predicted octanol–water partition coefficient (Wildman–Crippen LogP) is 4.19. The van der Waals surface area contributed by atoms with Crippen molar-refractivity contribution in [3.8, 4) is 0 Å². The molecule has 3 rings (SSSR count). The molecule has 0 amide bonds. The Morgan fingerprint density at radius 3 is 2.54 bits per heavy atom. The molecule has 5 nitrogen and oxygen atoms in total. The van der Waals surface area contributed by atoms with Crippen LogP contribution in [0.2, 0.25) is 0 Å². The van der Waals surface area contributed by atoms with Gasteiger partial charge in [0.15, 0.2) is 0 Å². The van der Waals surface area contributed by atoms with Crippen LogP contribution in [0.3, 0.4) is 0 Å². The Labute approximate surface area is 154 Å². The van der Waals surface area contributed by atoms with Crippen molar-refractivity contribution < 1.29 is 8.42 Å². The van der Waals surface area contributed by atoms with Crippen LogP contribution in [0, 0.1) is 6.92 Å². The summed E-state index contributed by atoms with van der Waals surface area (Å²) in [5.74, 6) is 0. The molecule has 0 fully saturated rings. The van der Waals surface area contributed by atoms with E-state index in [0.29, 0.717) is 11.1 Å². The maximum atomic E-state index is 13.0. The van der Waals surface area contributed by atoms with Crippen molar-refractivity contribution in [3.05, 3.63) is 60.4 Å². The van der Waals surface area contributed by atoms with Crippen molar-refractivity contribution in [2.45, 2.75) is 25.7 Å². The van der Waals surface area contributed by atoms with Gasteiger partial charge in [-0.25, -0.2) is 8.42 Å². The van der Waals surface area contributed by atoms with E-state index in [2.05, 4.69) is 28.5 Å². The number of aromatic nitrogens is 1. The van der Waals surface area contributed by atoms with Crippen LogP contribution in [0.25, 0.3) is 10.8 Å². The molecule has 0 spiro atoms. The minimum atomic E-state index is -3.70. The van der Waals surface area contributed by atoms with E-state index in [0.717, 1.165) is 29.7 Å². The minimum absolute atomic E-state index is 0.254. The fourth-order valence-corrected chi connectivity index (χ4v) is 4.44. The van der Waals surface area contributed by atoms with Gasteiger partial charge in [0.1, 0.15) is 0 Å². The van der Waals surface area contributed by atoms with Crippen LogP contribution < -0.4 is 9.62 Å². The smallest absolute Gasteiger partial charge is 0.262 e. The summed E-state index contributed by atoms with van der Waals surface area (Å²) in [6, 6.07) is 12.7. The lowest BCUT2D eigenvalue weighted by Gasteiger charge is -2.22. The van der Waals surface area contributed by atoms with Crippen LogP contribution in [0.15, 0.2) is 59.8 Å². The quantitative estimate of drug-likeness (QED) is 0.708. The number of hydrogen-bond acceptors (Lipinski definition) is 4. The van der Waals surface area contributed by atoms with E-state index in [1.165, 1.54) is 0 Å². The highest BCUT2D eigenvalue weighted by Gasteiger charge is 2.18. The molecule has 136 valence electrons. The van der Waals surface area contributed by atoms with Gasteiger partial charge in [0.05, 0.1) is 10.6 Å². The molecule has 0 aliphatic heterocycles. The molecule has 0 bridgehead atoms. The average Bonchev–Trinajstić information content (AvgIpc) is 2.64. The molecule has 0 aliphatic rings. The second kappa shape index (κ2) is 7.33. The van der Waals surface area contributed by atoms with Crippen LogP contribution in [-0.2, 0) is 10.0 Å². The zero-order chi connectivity index (χ0) is 18.7. The molecule has 1 aromatic heterocycles. The number of nitrogens with one attached hydrogen (secondary N) is 1. The van der Waals surface area contributed by atoms with E-state index in [4.69, 9.17) is 0 Å². The van der Waals surface area contributed by atoms with Crippen LogP contribution in [0.4, 0.5) is 11.4 Å². The first-order valence-electron chi connectivity index (χ1n) is 8.67. The fraction of sp³-hybridized carbons (Fsp3) is 0.250. The molecular weight excluding hydrogens is 346 g/mol. The van der Waals surface area contributed by atoms with Gasteiger partial charge in [0, 0.05) is 41.9 Å². The lowest BCUT2D eigenvalue weighted by Crippen LogP contribution is -2.22. The minimum Gasteiger partial charge on any atom is -0.372 e. The van der Waals surface area contributed by atoms with Crippen molar-refractivity contribution in [1.82, 2.24) is 4.98 Å². The number of fused-ring (bicyclic) bond motifs is 1. The molecule has 0 saturated heterocycles. The topological polar surface area (TPSA) is 62.3 Å². The molecule has 1 heterocycles. The molecule has 26 heavy (non-hydrogen) atoms. The zero-order valence-electron chi connectivity index (χ0n) is 15.2. The van der Waals surface area contributed by atoms with Crippen molar-refractivity contribution in [2.24, 2.45) is 0 Å². The molecule has 1 N–H and O–H groups in total. The van der Waals surface area contributed by atoms with Crippen LogP contribution in [-0.4, -0.2) is 26.5 Å². The Hall–Kier alpha value is -2.60. The van der Waals surface area contributed by atoms with E-state index in [-0.39, 0.29) is 4.90 Å². The average molecular weight is 369 g/mol. The highest BCUT2D eigenvalue weighted by molar-refractivity contribution is 7.93. The van der Waals surface area contributed by atoms with Gasteiger partial charge in [0.2, 0.25) is 0 Å². The largest absolute Gasteiger partial charge is 0.372 e. The normalized spacial score (nSPS) is 11.5. The molecule has 0 unspecified atom stereocenters. The Morgan fingerprint density at radius 2 is 1.85 bits per heavy atom. The van der Waals surface area contributed by atoms with E-state index in [1.807, 2.05) is 31.2 Å². The van der Waals surface area contributed by atoms with E-state index in [9.17, 15) is 8.42 Å². The maximum Gasteiger partial charge on any atom is 0.262 e. The first-order chi connectivity index (χ1) is 12.5. The molecule has 0 saturated carbocycles. The van der Waals surface area contributed by atoms with Gasteiger partial charge in [-0.2, -0.15) is 0 Å². The Balaban J connectivity index is 1.97. The van der Waals surface area contributed by atoms with E-state index >= 15 is 0 Å². The summed E-state index contributed by atoms with van der Waals surface area (Å²) < 4.78 is 28.6. The number of pyridine rings is 1. The third-order valence-electron chi connectivity index (χ3n) is 4.51. The summed E-state index contributed by atoms with van der Waals surface area (Å²) >= 11 is 0. The van der Waals surface area contributed by atoms with Gasteiger partial charge in [-0.05, 0) is 56.7 Å². The van der Waals surface area contributed by atoms with E-state index in [1.54, 1.807) is 30.6 Å². The maximum absolute atomic E-state index is 13.0. The third kappa shape index (κ3) is 3.51. The monoisotopic (exact) mass is 369 g/mol. The zero-order valence-corrected chi connectivity index (χ0v) is 16.0. The Kier molecular flexibility index (Phi) is 5.13. The third-order valence-corrected chi connectivity index (χ3v) is 5.94. The van der Waals surface area contributed by atoms with Crippen molar-refractivity contribution >= 4 is 32.2 Å². The molecule has 6 heteroatoms. The standard InChI is InChI=1S/C20H23N3O2S/c1-4-23(5-2)17-9-10-19(15(3)13-17)22-26(24,25)20-8-6-7-16-14-21-12-11-18(16)20/h6-14,22H,4-5H2,1-3H3. The molecule has 3 aromatic rings. The lowest BCUT2D eigenvalue weighted by atomic mass is 10.1. The summed E-state index contributed by atoms with van der Waals surface area (Å²) in [4.78, 5) is 6.54. The molecule has 2 aromatic carbocycles. The SMILES string of the molecule is CCN(CC)c1ccc(NS(=O)(=O)c2cccc3cnccc23)c(C)c1. The first-order valence-corrected chi connectivity index (χ1v) is 10.2.